The van der Waals surface area contributed by atoms with Gasteiger partial charge in [0.2, 0.25) is 0 Å². The summed E-state index contributed by atoms with van der Waals surface area (Å²) in [6.07, 6.45) is 82.1. The maximum Gasteiger partial charge on any atom is 0.306 e. The van der Waals surface area contributed by atoms with Crippen molar-refractivity contribution in [2.75, 3.05) is 13.2 Å². The molecule has 0 aromatic carbocycles. The molecule has 0 spiro atoms. The van der Waals surface area contributed by atoms with Crippen LogP contribution in [0.5, 0.6) is 0 Å². The number of hydrogen-bond donors (Lipinski definition) is 0. The second kappa shape index (κ2) is 60.6. The Bertz CT molecular complexity index is 1490. The molecule has 0 saturated heterocycles. The number of hydrogen-bond acceptors (Lipinski definition) is 6. The normalized spacial score (nSPS) is 12.9. The van der Waals surface area contributed by atoms with Gasteiger partial charge in [-0.1, -0.05) is 239 Å². The number of unbranched alkanes of at least 4 members (excludes halogenated alkanes) is 25. The highest BCUT2D eigenvalue weighted by Gasteiger charge is 2.19. The summed E-state index contributed by atoms with van der Waals surface area (Å²) in [7, 11) is 0. The Morgan fingerprint density at radius 3 is 0.836 bits per heavy atom. The maximum absolute atomic E-state index is 12.9. The van der Waals surface area contributed by atoms with E-state index < -0.39 is 6.10 Å². The van der Waals surface area contributed by atoms with Gasteiger partial charge in [-0.3, -0.25) is 14.4 Å². The zero-order valence-corrected chi connectivity index (χ0v) is 47.6. The molecule has 416 valence electrons. The quantitative estimate of drug-likeness (QED) is 0.0261. The Balaban J connectivity index is 4.46. The lowest BCUT2D eigenvalue weighted by Crippen LogP contribution is -2.30. The Hall–Kier alpha value is -3.93. The van der Waals surface area contributed by atoms with Crippen molar-refractivity contribution >= 4 is 17.9 Å². The molecule has 0 amide bonds. The van der Waals surface area contributed by atoms with Gasteiger partial charge in [-0.2, -0.15) is 0 Å². The fourth-order valence-electron chi connectivity index (χ4n) is 8.18. The van der Waals surface area contributed by atoms with E-state index in [-0.39, 0.29) is 31.1 Å². The molecule has 73 heavy (non-hydrogen) atoms. The van der Waals surface area contributed by atoms with E-state index in [9.17, 15) is 14.4 Å². The first-order valence-electron chi connectivity index (χ1n) is 30.4. The molecule has 6 heteroatoms. The van der Waals surface area contributed by atoms with Crippen molar-refractivity contribution in [2.24, 2.45) is 0 Å². The van der Waals surface area contributed by atoms with Crippen molar-refractivity contribution < 1.29 is 28.6 Å². The Morgan fingerprint density at radius 1 is 0.288 bits per heavy atom. The molecule has 0 N–H and O–H groups in total. The number of carbonyl (C=O) groups is 3. The van der Waals surface area contributed by atoms with Gasteiger partial charge < -0.3 is 14.2 Å². The lowest BCUT2D eigenvalue weighted by Gasteiger charge is -2.18. The summed E-state index contributed by atoms with van der Waals surface area (Å²) in [5.74, 6) is -0.923. The van der Waals surface area contributed by atoms with Gasteiger partial charge in [-0.25, -0.2) is 0 Å². The van der Waals surface area contributed by atoms with Crippen LogP contribution in [-0.4, -0.2) is 37.2 Å². The van der Waals surface area contributed by atoms with E-state index in [1.807, 2.05) is 0 Å². The summed E-state index contributed by atoms with van der Waals surface area (Å²) in [5, 5.41) is 0. The van der Waals surface area contributed by atoms with E-state index in [0.29, 0.717) is 19.3 Å². The van der Waals surface area contributed by atoms with Crippen molar-refractivity contribution in [3.63, 3.8) is 0 Å². The molecule has 0 rings (SSSR count). The molecule has 0 aliphatic heterocycles. The standard InChI is InChI=1S/C67H112O6/c1-4-7-10-13-16-19-22-25-28-31-32-33-34-37-39-42-45-48-51-54-57-60-66(69)72-63-64(73-67(70)61-58-55-52-49-46-43-40-36-30-27-24-21-18-15-12-9-6-3)62-71-65(68)59-56-53-50-47-44-41-38-35-29-26-23-20-17-14-11-8-5-2/h7,10,16-21,25-30,32-33,37,39,64H,4-6,8-9,11-15,22-24,31,34-36,38,40-63H2,1-3H3/b10-7-,19-16-,20-17-,21-18-,28-25-,29-26-,30-27-,33-32-,39-37-. The average Bonchev–Trinajstić information content (AvgIpc) is 3.39. The largest absolute Gasteiger partial charge is 0.462 e. The molecule has 6 nitrogen and oxygen atoms in total. The Morgan fingerprint density at radius 2 is 0.534 bits per heavy atom. The highest BCUT2D eigenvalue weighted by Crippen LogP contribution is 2.15. The van der Waals surface area contributed by atoms with Crippen LogP contribution in [0.3, 0.4) is 0 Å². The summed E-state index contributed by atoms with van der Waals surface area (Å²) in [6.45, 7) is 6.46. The van der Waals surface area contributed by atoms with Crippen LogP contribution in [0.15, 0.2) is 109 Å². The summed E-state index contributed by atoms with van der Waals surface area (Å²) in [6, 6.07) is 0. The van der Waals surface area contributed by atoms with E-state index in [4.69, 9.17) is 14.2 Å². The lowest BCUT2D eigenvalue weighted by atomic mass is 10.1. The minimum absolute atomic E-state index is 0.0929. The predicted molar refractivity (Wildman–Crippen MR) is 316 cm³/mol. The van der Waals surface area contributed by atoms with Crippen molar-refractivity contribution in [1.29, 1.82) is 0 Å². The first kappa shape index (κ1) is 69.1. The van der Waals surface area contributed by atoms with Gasteiger partial charge in [0, 0.05) is 19.3 Å². The van der Waals surface area contributed by atoms with E-state index in [2.05, 4.69) is 130 Å². The SMILES string of the molecule is CC/C=C\C/C=C\C/C=C\C/C=C\C/C=C\CCCCCCCC(=O)OCC(COC(=O)CCCCCCCCC/C=C\C/C=C\CCCCC)OC(=O)CCCCCCCCC/C=C\C/C=C\CCCCC. The molecule has 0 aromatic heterocycles. The molecule has 0 aromatic rings. The Labute approximate surface area is 450 Å². The van der Waals surface area contributed by atoms with Gasteiger partial charge in [0.05, 0.1) is 0 Å². The van der Waals surface area contributed by atoms with Crippen molar-refractivity contribution in [3.8, 4) is 0 Å². The monoisotopic (exact) mass is 1010 g/mol. The van der Waals surface area contributed by atoms with E-state index in [0.717, 1.165) is 135 Å². The number of allylic oxidation sites excluding steroid dienone is 18. The van der Waals surface area contributed by atoms with Gasteiger partial charge in [-0.15, -0.1) is 0 Å². The lowest BCUT2D eigenvalue weighted by molar-refractivity contribution is -0.167. The molecule has 0 saturated carbocycles. The van der Waals surface area contributed by atoms with E-state index in [1.54, 1.807) is 0 Å². The van der Waals surface area contributed by atoms with Crippen LogP contribution in [0.2, 0.25) is 0 Å². The van der Waals surface area contributed by atoms with Crippen LogP contribution in [0.4, 0.5) is 0 Å². The number of esters is 3. The highest BCUT2D eigenvalue weighted by atomic mass is 16.6. The number of ether oxygens (including phenoxy) is 3. The average molecular weight is 1010 g/mol. The minimum atomic E-state index is -0.797. The second-order valence-corrected chi connectivity index (χ2v) is 19.9. The zero-order valence-electron chi connectivity index (χ0n) is 47.6. The smallest absolute Gasteiger partial charge is 0.306 e. The molecular weight excluding hydrogens is 901 g/mol. The first-order chi connectivity index (χ1) is 36.0. The van der Waals surface area contributed by atoms with Crippen molar-refractivity contribution in [2.45, 2.75) is 284 Å². The van der Waals surface area contributed by atoms with Crippen LogP contribution in [0.25, 0.3) is 0 Å². The fourth-order valence-corrected chi connectivity index (χ4v) is 8.18. The van der Waals surface area contributed by atoms with Crippen LogP contribution in [0, 0.1) is 0 Å². The van der Waals surface area contributed by atoms with Gasteiger partial charge in [0.1, 0.15) is 13.2 Å². The predicted octanol–water partition coefficient (Wildman–Crippen LogP) is 20.7. The minimum Gasteiger partial charge on any atom is -0.462 e. The molecule has 1 atom stereocenters. The topological polar surface area (TPSA) is 78.9 Å². The molecule has 0 aliphatic rings. The zero-order chi connectivity index (χ0) is 52.9. The highest BCUT2D eigenvalue weighted by molar-refractivity contribution is 5.71. The van der Waals surface area contributed by atoms with E-state index >= 15 is 0 Å². The third-order valence-corrected chi connectivity index (χ3v) is 12.7. The van der Waals surface area contributed by atoms with Crippen molar-refractivity contribution in [3.05, 3.63) is 109 Å². The summed E-state index contributed by atoms with van der Waals surface area (Å²) in [4.78, 5) is 38.3. The van der Waals surface area contributed by atoms with Crippen LogP contribution in [0.1, 0.15) is 278 Å². The molecule has 1 unspecified atom stereocenters. The Kier molecular flexibility index (Phi) is 57.4. The fraction of sp³-hybridized carbons (Fsp3) is 0.687. The van der Waals surface area contributed by atoms with Crippen LogP contribution in [-0.2, 0) is 28.6 Å². The van der Waals surface area contributed by atoms with Crippen LogP contribution < -0.4 is 0 Å². The van der Waals surface area contributed by atoms with Gasteiger partial charge in [0.15, 0.2) is 6.10 Å². The molecule has 0 heterocycles. The third kappa shape index (κ3) is 58.8. The number of carbonyl (C=O) groups excluding carboxylic acids is 3. The van der Waals surface area contributed by atoms with Gasteiger partial charge in [0.25, 0.3) is 0 Å². The maximum atomic E-state index is 12.9. The molecule has 0 aliphatic carbocycles. The summed E-state index contributed by atoms with van der Waals surface area (Å²) in [5.41, 5.74) is 0. The third-order valence-electron chi connectivity index (χ3n) is 12.7. The second-order valence-electron chi connectivity index (χ2n) is 19.9. The van der Waals surface area contributed by atoms with Gasteiger partial charge in [-0.05, 0) is 128 Å². The summed E-state index contributed by atoms with van der Waals surface area (Å²) >= 11 is 0. The summed E-state index contributed by atoms with van der Waals surface area (Å²) < 4.78 is 16.9. The number of rotatable bonds is 54. The molecule has 0 fully saturated rings. The van der Waals surface area contributed by atoms with Crippen molar-refractivity contribution in [1.82, 2.24) is 0 Å². The first-order valence-corrected chi connectivity index (χ1v) is 30.4. The van der Waals surface area contributed by atoms with E-state index in [1.165, 1.54) is 103 Å². The van der Waals surface area contributed by atoms with Crippen LogP contribution >= 0.6 is 0 Å². The van der Waals surface area contributed by atoms with Gasteiger partial charge >= 0.3 is 17.9 Å². The molecular formula is C67H112O6. The molecule has 0 bridgehead atoms. The molecule has 0 radical (unpaired) electrons.